The molecule has 3 aromatic rings. The number of halogens is 1. The van der Waals surface area contributed by atoms with E-state index in [2.05, 4.69) is 26.8 Å². The highest BCUT2D eigenvalue weighted by Gasteiger charge is 2.14. The van der Waals surface area contributed by atoms with Crippen LogP contribution in [0.5, 0.6) is 0 Å². The van der Waals surface area contributed by atoms with E-state index in [0.29, 0.717) is 19.7 Å². The predicted molar refractivity (Wildman–Crippen MR) is 98.1 cm³/mol. The molecular weight excluding hydrogens is 428 g/mol. The van der Waals surface area contributed by atoms with Gasteiger partial charge < -0.3 is 8.98 Å². The van der Waals surface area contributed by atoms with E-state index in [1.165, 1.54) is 23.5 Å². The van der Waals surface area contributed by atoms with Gasteiger partial charge in [0.15, 0.2) is 25.1 Å². The summed E-state index contributed by atoms with van der Waals surface area (Å²) in [6, 6.07) is 7.83. The lowest BCUT2D eigenvalue weighted by Crippen LogP contribution is -2.16. The summed E-state index contributed by atoms with van der Waals surface area (Å²) in [7, 11) is -3.33. The van der Waals surface area contributed by atoms with E-state index in [0.717, 1.165) is 6.26 Å². The number of amides is 1. The van der Waals surface area contributed by atoms with Crippen LogP contribution in [0.1, 0.15) is 10.6 Å². The third kappa shape index (κ3) is 3.61. The molecule has 0 aliphatic heterocycles. The van der Waals surface area contributed by atoms with Crippen molar-refractivity contribution >= 4 is 53.2 Å². The Bertz CT molecular complexity index is 1190. The van der Waals surface area contributed by atoms with E-state index >= 15 is 0 Å². The molecular formula is C16H11BrN2O4S2. The standard InChI is InChI=1S/C16H11BrN2O4S2/c1-3-8-19-11-5-4-10(25(2,21)22)9-13(11)24-16(19)18-15(20)12-6-7-14(17)23-12/h1,4-7,9H,8H2,2H3. The summed E-state index contributed by atoms with van der Waals surface area (Å²) >= 11 is 4.32. The highest BCUT2D eigenvalue weighted by Crippen LogP contribution is 2.22. The van der Waals surface area contributed by atoms with Gasteiger partial charge in [-0.3, -0.25) is 4.79 Å². The molecule has 0 radical (unpaired) electrons. The van der Waals surface area contributed by atoms with Gasteiger partial charge in [-0.15, -0.1) is 6.42 Å². The maximum Gasteiger partial charge on any atom is 0.315 e. The largest absolute Gasteiger partial charge is 0.444 e. The zero-order valence-corrected chi connectivity index (χ0v) is 16.1. The predicted octanol–water partition coefficient (Wildman–Crippen LogP) is 2.84. The van der Waals surface area contributed by atoms with Crippen molar-refractivity contribution in [3.05, 3.63) is 45.6 Å². The number of aromatic nitrogens is 1. The number of hydrogen-bond acceptors (Lipinski definition) is 5. The molecule has 0 bridgehead atoms. The van der Waals surface area contributed by atoms with E-state index in [9.17, 15) is 13.2 Å². The molecule has 0 N–H and O–H groups in total. The van der Waals surface area contributed by atoms with Crippen LogP contribution in [0.4, 0.5) is 0 Å². The van der Waals surface area contributed by atoms with Gasteiger partial charge in [-0.1, -0.05) is 17.3 Å². The lowest BCUT2D eigenvalue weighted by Gasteiger charge is -2.01. The number of carbonyl (C=O) groups is 1. The summed E-state index contributed by atoms with van der Waals surface area (Å²) in [4.78, 5) is 16.9. The van der Waals surface area contributed by atoms with Crippen LogP contribution in [0, 0.1) is 12.3 Å². The quantitative estimate of drug-likeness (QED) is 0.588. The molecule has 3 rings (SSSR count). The van der Waals surface area contributed by atoms with Crippen molar-refractivity contribution in [3.8, 4) is 12.3 Å². The number of sulfone groups is 1. The summed E-state index contributed by atoms with van der Waals surface area (Å²) in [5.74, 6) is 2.06. The SMILES string of the molecule is C#CCn1c(=NC(=O)c2ccc(Br)o2)sc2cc(S(C)(=O)=O)ccc21. The molecule has 25 heavy (non-hydrogen) atoms. The Morgan fingerprint density at radius 3 is 2.76 bits per heavy atom. The van der Waals surface area contributed by atoms with E-state index in [1.54, 1.807) is 22.8 Å². The van der Waals surface area contributed by atoms with E-state index in [-0.39, 0.29) is 17.2 Å². The van der Waals surface area contributed by atoms with Crippen molar-refractivity contribution < 1.29 is 17.6 Å². The minimum absolute atomic E-state index is 0.0911. The van der Waals surface area contributed by atoms with E-state index in [4.69, 9.17) is 10.8 Å². The molecule has 6 nitrogen and oxygen atoms in total. The Morgan fingerprint density at radius 1 is 1.40 bits per heavy atom. The van der Waals surface area contributed by atoms with Gasteiger partial charge in [-0.05, 0) is 46.3 Å². The van der Waals surface area contributed by atoms with Crippen molar-refractivity contribution in [2.24, 2.45) is 4.99 Å². The van der Waals surface area contributed by atoms with Gasteiger partial charge in [0.1, 0.15) is 0 Å². The van der Waals surface area contributed by atoms with Crippen LogP contribution in [0.25, 0.3) is 10.2 Å². The fraction of sp³-hybridized carbons (Fsp3) is 0.125. The monoisotopic (exact) mass is 438 g/mol. The molecule has 2 heterocycles. The second-order valence-electron chi connectivity index (χ2n) is 5.10. The first-order valence-corrected chi connectivity index (χ1v) is 10.4. The fourth-order valence-electron chi connectivity index (χ4n) is 2.18. The molecule has 0 saturated heterocycles. The number of hydrogen-bond donors (Lipinski definition) is 0. The summed E-state index contributed by atoms with van der Waals surface area (Å²) in [5, 5.41) is 0. The third-order valence-electron chi connectivity index (χ3n) is 3.31. The Kier molecular flexibility index (Phi) is 4.69. The minimum Gasteiger partial charge on any atom is -0.444 e. The molecule has 9 heteroatoms. The Balaban J connectivity index is 2.20. The number of nitrogens with zero attached hydrogens (tertiary/aromatic N) is 2. The van der Waals surface area contributed by atoms with Crippen molar-refractivity contribution in [3.63, 3.8) is 0 Å². The lowest BCUT2D eigenvalue weighted by molar-refractivity contribution is 0.0970. The number of carbonyl (C=O) groups excluding carboxylic acids is 1. The van der Waals surface area contributed by atoms with Crippen molar-refractivity contribution in [2.75, 3.05) is 6.26 Å². The van der Waals surface area contributed by atoms with Crippen LogP contribution in [-0.4, -0.2) is 25.1 Å². The highest BCUT2D eigenvalue weighted by molar-refractivity contribution is 9.10. The van der Waals surface area contributed by atoms with Crippen LogP contribution < -0.4 is 4.80 Å². The van der Waals surface area contributed by atoms with Gasteiger partial charge in [0.05, 0.1) is 21.7 Å². The summed E-state index contributed by atoms with van der Waals surface area (Å²) in [6.45, 7) is 0.201. The molecule has 0 spiro atoms. The number of furan rings is 1. The number of thiazole rings is 1. The molecule has 0 atom stereocenters. The van der Waals surface area contributed by atoms with Gasteiger partial charge in [0, 0.05) is 6.26 Å². The van der Waals surface area contributed by atoms with Crippen molar-refractivity contribution in [2.45, 2.75) is 11.4 Å². The third-order valence-corrected chi connectivity index (χ3v) is 5.89. The minimum atomic E-state index is -3.33. The Hall–Kier alpha value is -2.15. The zero-order valence-electron chi connectivity index (χ0n) is 12.9. The van der Waals surface area contributed by atoms with Crippen molar-refractivity contribution in [1.82, 2.24) is 4.57 Å². The first-order chi connectivity index (χ1) is 11.8. The van der Waals surface area contributed by atoms with Crippen LogP contribution in [0.15, 0.2) is 49.3 Å². The molecule has 0 aliphatic rings. The molecule has 0 fully saturated rings. The van der Waals surface area contributed by atoms with Gasteiger partial charge in [0.25, 0.3) is 0 Å². The van der Waals surface area contributed by atoms with E-state index in [1.807, 2.05) is 0 Å². The average Bonchev–Trinajstić information content (AvgIpc) is 3.11. The number of fused-ring (bicyclic) bond motifs is 1. The van der Waals surface area contributed by atoms with Crippen LogP contribution in [-0.2, 0) is 16.4 Å². The average molecular weight is 439 g/mol. The van der Waals surface area contributed by atoms with Gasteiger partial charge >= 0.3 is 5.91 Å². The number of benzene rings is 1. The van der Waals surface area contributed by atoms with Crippen molar-refractivity contribution in [1.29, 1.82) is 0 Å². The summed E-state index contributed by atoms with van der Waals surface area (Å²) < 4.78 is 31.4. The van der Waals surface area contributed by atoms with Crippen LogP contribution in [0.3, 0.4) is 0 Å². The first kappa shape index (κ1) is 17.7. The smallest absolute Gasteiger partial charge is 0.315 e. The molecule has 1 aromatic carbocycles. The van der Waals surface area contributed by atoms with Gasteiger partial charge in [-0.2, -0.15) is 4.99 Å². The second kappa shape index (κ2) is 6.63. The van der Waals surface area contributed by atoms with Gasteiger partial charge in [0.2, 0.25) is 0 Å². The van der Waals surface area contributed by atoms with Gasteiger partial charge in [-0.25, -0.2) is 8.42 Å². The first-order valence-electron chi connectivity index (χ1n) is 6.91. The summed E-state index contributed by atoms with van der Waals surface area (Å²) in [6.07, 6.45) is 6.55. The molecule has 0 unspecified atom stereocenters. The molecule has 0 saturated carbocycles. The fourth-order valence-corrected chi connectivity index (χ4v) is 4.28. The Labute approximate surface area is 155 Å². The topological polar surface area (TPSA) is 81.6 Å². The molecule has 1 amide bonds. The lowest BCUT2D eigenvalue weighted by atomic mass is 10.3. The second-order valence-corrected chi connectivity index (χ2v) is 8.90. The number of rotatable bonds is 3. The normalized spacial score (nSPS) is 12.4. The van der Waals surface area contributed by atoms with E-state index < -0.39 is 15.7 Å². The highest BCUT2D eigenvalue weighted by atomic mass is 79.9. The molecule has 128 valence electrons. The maximum absolute atomic E-state index is 12.3. The Morgan fingerprint density at radius 2 is 2.16 bits per heavy atom. The summed E-state index contributed by atoms with van der Waals surface area (Å²) in [5.41, 5.74) is 0.711. The maximum atomic E-state index is 12.3. The van der Waals surface area contributed by atoms with Crippen LogP contribution in [0.2, 0.25) is 0 Å². The number of terminal acetylenes is 1. The van der Waals surface area contributed by atoms with Crippen LogP contribution >= 0.6 is 27.3 Å². The molecule has 2 aromatic heterocycles. The molecule has 0 aliphatic carbocycles. The zero-order chi connectivity index (χ0) is 18.2.